The second-order valence-electron chi connectivity index (χ2n) is 6.85. The first-order chi connectivity index (χ1) is 14.4. The Bertz CT molecular complexity index is 1050. The Kier molecular flexibility index (Phi) is 6.54. The predicted molar refractivity (Wildman–Crippen MR) is 97.5 cm³/mol. The Morgan fingerprint density at radius 2 is 1.50 bits per heavy atom. The van der Waals surface area contributed by atoms with Crippen LogP contribution in [-0.4, -0.2) is 23.2 Å². The van der Waals surface area contributed by atoms with Crippen molar-refractivity contribution >= 4 is 17.3 Å². The van der Waals surface area contributed by atoms with E-state index >= 15 is 4.39 Å². The number of halogens is 10. The van der Waals surface area contributed by atoms with E-state index in [2.05, 4.69) is 0 Å². The molecule has 0 heterocycles. The summed E-state index contributed by atoms with van der Waals surface area (Å²) in [6.45, 7) is 2.43. The van der Waals surface area contributed by atoms with Crippen LogP contribution in [0.1, 0.15) is 23.6 Å². The molecule has 0 saturated heterocycles. The highest BCUT2D eigenvalue weighted by molar-refractivity contribution is 6.33. The van der Waals surface area contributed by atoms with Crippen molar-refractivity contribution in [1.29, 1.82) is 0 Å². The molecule has 0 aliphatic rings. The van der Waals surface area contributed by atoms with Crippen molar-refractivity contribution in [2.24, 2.45) is 0 Å². The van der Waals surface area contributed by atoms with Crippen LogP contribution in [0, 0.1) is 17.0 Å². The monoisotopic (exact) mass is 493 g/mol. The third-order valence-electron chi connectivity index (χ3n) is 4.73. The van der Waals surface area contributed by atoms with Gasteiger partial charge in [0, 0.05) is 23.3 Å². The fraction of sp³-hybridized carbons (Fsp3) is 0.368. The van der Waals surface area contributed by atoms with Crippen molar-refractivity contribution in [2.75, 3.05) is 0 Å². The largest absolute Gasteiger partial charge is 0.457 e. The smallest absolute Gasteiger partial charge is 0.258 e. The quantitative estimate of drug-likeness (QED) is 0.243. The van der Waals surface area contributed by atoms with Crippen LogP contribution in [-0.2, 0) is 12.1 Å². The van der Waals surface area contributed by atoms with Gasteiger partial charge in [0.05, 0.1) is 9.95 Å². The highest BCUT2D eigenvalue weighted by Gasteiger charge is 2.82. The molecule has 3 nitrogen and oxygen atoms in total. The number of benzene rings is 2. The van der Waals surface area contributed by atoms with Crippen LogP contribution in [0.4, 0.5) is 45.2 Å². The summed E-state index contributed by atoms with van der Waals surface area (Å²) in [7, 11) is 0. The molecule has 0 spiro atoms. The van der Waals surface area contributed by atoms with Gasteiger partial charge in [0.25, 0.3) is 5.69 Å². The number of rotatable bonds is 5. The lowest BCUT2D eigenvalue weighted by atomic mass is 9.79. The maximum Gasteiger partial charge on any atom is 0.457 e. The van der Waals surface area contributed by atoms with Gasteiger partial charge in [-0.25, -0.2) is 4.39 Å². The minimum absolute atomic E-state index is 0.205. The van der Waals surface area contributed by atoms with Crippen LogP contribution in [0.5, 0.6) is 0 Å². The summed E-state index contributed by atoms with van der Waals surface area (Å²) in [6, 6.07) is 3.57. The molecular formula is C19H13ClF9NO2. The highest BCUT2D eigenvalue weighted by atomic mass is 35.5. The number of alkyl halides is 9. The second-order valence-corrected chi connectivity index (χ2v) is 7.26. The van der Waals surface area contributed by atoms with Crippen molar-refractivity contribution in [3.63, 3.8) is 0 Å². The minimum Gasteiger partial charge on any atom is -0.258 e. The van der Waals surface area contributed by atoms with Crippen LogP contribution in [0.25, 0.3) is 11.1 Å². The molecule has 0 aromatic heterocycles. The number of aryl methyl sites for hydroxylation is 2. The number of nitrogens with zero attached hydrogens (tertiary/aromatic N) is 1. The molecule has 1 unspecified atom stereocenters. The molecular weight excluding hydrogens is 481 g/mol. The summed E-state index contributed by atoms with van der Waals surface area (Å²) in [6.07, 6.45) is -13.8. The first kappa shape index (κ1) is 25.8. The molecule has 0 bridgehead atoms. The number of hydrogen-bond acceptors (Lipinski definition) is 2. The van der Waals surface area contributed by atoms with E-state index in [-0.39, 0.29) is 23.6 Å². The molecule has 2 aromatic rings. The van der Waals surface area contributed by atoms with Gasteiger partial charge in [-0.05, 0) is 30.5 Å². The summed E-state index contributed by atoms with van der Waals surface area (Å²) < 4.78 is 124. The van der Waals surface area contributed by atoms with E-state index in [0.29, 0.717) is 6.07 Å². The highest BCUT2D eigenvalue weighted by Crippen LogP contribution is 2.60. The molecule has 0 aliphatic heterocycles. The number of nitro benzene ring substituents is 1. The van der Waals surface area contributed by atoms with E-state index in [9.17, 15) is 45.2 Å². The zero-order valence-corrected chi connectivity index (χ0v) is 16.9. The average molecular weight is 494 g/mol. The van der Waals surface area contributed by atoms with Gasteiger partial charge in [-0.3, -0.25) is 10.1 Å². The summed E-state index contributed by atoms with van der Waals surface area (Å²) in [5, 5.41) is 10.2. The summed E-state index contributed by atoms with van der Waals surface area (Å²) in [4.78, 5) is 9.96. The lowest BCUT2D eigenvalue weighted by Crippen LogP contribution is -2.60. The molecule has 1 atom stereocenters. The Morgan fingerprint density at radius 3 is 1.91 bits per heavy atom. The fourth-order valence-corrected chi connectivity index (χ4v) is 3.51. The summed E-state index contributed by atoms with van der Waals surface area (Å²) in [5.41, 5.74) is -10.8. The molecule has 0 amide bonds. The van der Waals surface area contributed by atoms with Crippen molar-refractivity contribution in [2.45, 2.75) is 44.2 Å². The second kappa shape index (κ2) is 8.13. The van der Waals surface area contributed by atoms with E-state index in [0.717, 1.165) is 19.1 Å². The first-order valence-electron chi connectivity index (χ1n) is 8.68. The zero-order chi connectivity index (χ0) is 24.9. The zero-order valence-electron chi connectivity index (χ0n) is 16.1. The van der Waals surface area contributed by atoms with Crippen molar-refractivity contribution in [3.8, 4) is 11.1 Å². The van der Waals surface area contributed by atoms with E-state index in [4.69, 9.17) is 11.6 Å². The minimum atomic E-state index is -6.90. The molecule has 176 valence electrons. The predicted octanol–water partition coefficient (Wildman–Crippen LogP) is 7.71. The maximum atomic E-state index is 15.3. The van der Waals surface area contributed by atoms with Crippen molar-refractivity contribution < 1.29 is 44.4 Å². The molecule has 13 heteroatoms. The van der Waals surface area contributed by atoms with Crippen molar-refractivity contribution in [3.05, 3.63) is 62.2 Å². The number of non-ortho nitro benzene ring substituents is 1. The fourth-order valence-electron chi connectivity index (χ4n) is 3.25. The number of hydrogen-bond donors (Lipinski definition) is 0. The van der Waals surface area contributed by atoms with Crippen molar-refractivity contribution in [1.82, 2.24) is 0 Å². The van der Waals surface area contributed by atoms with Gasteiger partial charge in [0.1, 0.15) is 0 Å². The van der Waals surface area contributed by atoms with Gasteiger partial charge < -0.3 is 0 Å². The standard InChI is InChI=1S/C19H13ClF9NO2/c1-3-10-6-9(2)7-13(15(10)12-5-4-11(30(31)32)8-14(12)20)16(21,18(24,25)26)17(22,23)19(27,28)29/h4-8H,3H2,1-2H3. The maximum absolute atomic E-state index is 15.3. The lowest BCUT2D eigenvalue weighted by Gasteiger charge is -2.38. The van der Waals surface area contributed by atoms with Gasteiger partial charge in [-0.2, -0.15) is 35.1 Å². The van der Waals surface area contributed by atoms with E-state index in [1.54, 1.807) is 0 Å². The molecule has 0 aliphatic carbocycles. The van der Waals surface area contributed by atoms with Crippen LogP contribution in [0.3, 0.4) is 0 Å². The van der Waals surface area contributed by atoms with Gasteiger partial charge >= 0.3 is 23.9 Å². The lowest BCUT2D eigenvalue weighted by molar-refractivity contribution is -0.389. The van der Waals surface area contributed by atoms with Crippen LogP contribution < -0.4 is 0 Å². The Morgan fingerprint density at radius 1 is 0.938 bits per heavy atom. The number of nitro groups is 1. The topological polar surface area (TPSA) is 43.1 Å². The molecule has 0 saturated carbocycles. The normalized spacial score (nSPS) is 14.9. The summed E-state index contributed by atoms with van der Waals surface area (Å²) >= 11 is 5.90. The summed E-state index contributed by atoms with van der Waals surface area (Å²) in [5.74, 6) is -6.88. The Balaban J connectivity index is 3.08. The van der Waals surface area contributed by atoms with E-state index < -0.39 is 56.3 Å². The van der Waals surface area contributed by atoms with Crippen LogP contribution >= 0.6 is 11.6 Å². The van der Waals surface area contributed by atoms with Crippen LogP contribution in [0.2, 0.25) is 5.02 Å². The third kappa shape index (κ3) is 4.00. The molecule has 0 fully saturated rings. The molecule has 2 rings (SSSR count). The average Bonchev–Trinajstić information content (AvgIpc) is 2.64. The molecule has 0 radical (unpaired) electrons. The Labute approximate surface area is 179 Å². The Hall–Kier alpha value is -2.50. The van der Waals surface area contributed by atoms with Gasteiger partial charge in [-0.1, -0.05) is 36.2 Å². The van der Waals surface area contributed by atoms with Crippen LogP contribution in [0.15, 0.2) is 30.3 Å². The first-order valence-corrected chi connectivity index (χ1v) is 9.06. The molecule has 32 heavy (non-hydrogen) atoms. The van der Waals surface area contributed by atoms with Gasteiger partial charge in [0.15, 0.2) is 0 Å². The molecule has 0 N–H and O–H groups in total. The van der Waals surface area contributed by atoms with E-state index in [1.165, 1.54) is 13.0 Å². The van der Waals surface area contributed by atoms with E-state index in [1.807, 2.05) is 0 Å². The SMILES string of the molecule is CCc1cc(C)cc(C(F)(C(F)(F)F)C(F)(F)C(F)(F)F)c1-c1ccc([N+](=O)[O-])cc1Cl. The molecule has 2 aromatic carbocycles. The third-order valence-corrected chi connectivity index (χ3v) is 5.04. The van der Waals surface area contributed by atoms with Gasteiger partial charge in [0.2, 0.25) is 0 Å². The van der Waals surface area contributed by atoms with Gasteiger partial charge in [-0.15, -0.1) is 0 Å².